The third-order valence-corrected chi connectivity index (χ3v) is 4.26. The van der Waals surface area contributed by atoms with E-state index in [0.29, 0.717) is 0 Å². The maximum atomic E-state index is 5.98. The number of hydrogen-bond donors (Lipinski definition) is 1. The third kappa shape index (κ3) is 1.81. The van der Waals surface area contributed by atoms with Crippen LogP contribution in [0.25, 0.3) is 9.88 Å². The van der Waals surface area contributed by atoms with Crippen molar-refractivity contribution in [2.45, 2.75) is 13.0 Å². The molecule has 0 spiro atoms. The van der Waals surface area contributed by atoms with E-state index in [0.717, 1.165) is 19.9 Å². The molecule has 0 aliphatic rings. The zero-order valence-electron chi connectivity index (χ0n) is 7.40. The first-order valence-electron chi connectivity index (χ1n) is 4.01. The summed E-state index contributed by atoms with van der Waals surface area (Å²) in [5, 5.41) is 12.4. The van der Waals surface area contributed by atoms with Crippen LogP contribution in [0.15, 0.2) is 11.4 Å². The molecule has 2 N–H and O–H groups in total. The Morgan fingerprint density at radius 3 is 2.79 bits per heavy atom. The van der Waals surface area contributed by atoms with Crippen molar-refractivity contribution in [3.05, 3.63) is 21.5 Å². The van der Waals surface area contributed by atoms with Crippen molar-refractivity contribution in [2.75, 3.05) is 0 Å². The van der Waals surface area contributed by atoms with Crippen LogP contribution in [0.3, 0.4) is 0 Å². The summed E-state index contributed by atoms with van der Waals surface area (Å²) in [6.45, 7) is 1.89. The average molecular weight is 246 g/mol. The lowest BCUT2D eigenvalue weighted by Gasteiger charge is -1.94. The SMILES string of the molecule is CC(N)c1nnc(-c2sccc2Cl)s1. The summed E-state index contributed by atoms with van der Waals surface area (Å²) in [7, 11) is 0. The molecule has 0 radical (unpaired) electrons. The minimum atomic E-state index is -0.0695. The first-order chi connectivity index (χ1) is 6.68. The van der Waals surface area contributed by atoms with Gasteiger partial charge in [-0.15, -0.1) is 21.5 Å². The molecule has 1 unspecified atom stereocenters. The molecule has 1 atom stereocenters. The van der Waals surface area contributed by atoms with Crippen molar-refractivity contribution < 1.29 is 0 Å². The Balaban J connectivity index is 2.39. The molecule has 3 nitrogen and oxygen atoms in total. The van der Waals surface area contributed by atoms with E-state index in [2.05, 4.69) is 10.2 Å². The summed E-state index contributed by atoms with van der Waals surface area (Å²) < 4.78 is 0. The van der Waals surface area contributed by atoms with Gasteiger partial charge in [0.15, 0.2) is 5.01 Å². The van der Waals surface area contributed by atoms with Crippen LogP contribution in [0.2, 0.25) is 5.02 Å². The van der Waals surface area contributed by atoms with Crippen molar-refractivity contribution in [1.29, 1.82) is 0 Å². The lowest BCUT2D eigenvalue weighted by Crippen LogP contribution is -2.03. The molecule has 2 aromatic heterocycles. The second-order valence-corrected chi connectivity index (χ2v) is 5.16. The average Bonchev–Trinajstić information content (AvgIpc) is 2.71. The number of halogens is 1. The summed E-state index contributed by atoms with van der Waals surface area (Å²) in [6.07, 6.45) is 0. The molecule has 74 valence electrons. The maximum absolute atomic E-state index is 5.98. The predicted molar refractivity (Wildman–Crippen MR) is 60.8 cm³/mol. The second kappa shape index (κ2) is 3.94. The quantitative estimate of drug-likeness (QED) is 0.885. The van der Waals surface area contributed by atoms with E-state index in [-0.39, 0.29) is 6.04 Å². The van der Waals surface area contributed by atoms with E-state index in [4.69, 9.17) is 17.3 Å². The molecule has 0 fully saturated rings. The van der Waals surface area contributed by atoms with Gasteiger partial charge in [0.1, 0.15) is 5.01 Å². The van der Waals surface area contributed by atoms with Crippen molar-refractivity contribution in [1.82, 2.24) is 10.2 Å². The lowest BCUT2D eigenvalue weighted by molar-refractivity contribution is 0.786. The molecular formula is C8H8ClN3S2. The Kier molecular flexibility index (Phi) is 2.83. The first kappa shape index (κ1) is 10.0. The van der Waals surface area contributed by atoms with Crippen LogP contribution in [0.4, 0.5) is 0 Å². The molecule has 2 aromatic rings. The summed E-state index contributed by atoms with van der Waals surface area (Å²) >= 11 is 9.04. The van der Waals surface area contributed by atoms with Crippen LogP contribution in [0, 0.1) is 0 Å². The van der Waals surface area contributed by atoms with Gasteiger partial charge in [0, 0.05) is 0 Å². The number of nitrogens with zero attached hydrogens (tertiary/aromatic N) is 2. The highest BCUT2D eigenvalue weighted by Crippen LogP contribution is 2.35. The van der Waals surface area contributed by atoms with Gasteiger partial charge in [-0.25, -0.2) is 0 Å². The van der Waals surface area contributed by atoms with Gasteiger partial charge in [-0.2, -0.15) is 0 Å². The molecule has 0 bridgehead atoms. The maximum Gasteiger partial charge on any atom is 0.159 e. The van der Waals surface area contributed by atoms with Gasteiger partial charge in [0.05, 0.1) is 15.9 Å². The van der Waals surface area contributed by atoms with Crippen LogP contribution < -0.4 is 5.73 Å². The standard InChI is InChI=1S/C8H8ClN3S2/c1-4(10)7-11-12-8(14-7)6-5(9)2-3-13-6/h2-4H,10H2,1H3. The van der Waals surface area contributed by atoms with Crippen molar-refractivity contribution in [3.8, 4) is 9.88 Å². The lowest BCUT2D eigenvalue weighted by atomic mass is 10.4. The number of hydrogen-bond acceptors (Lipinski definition) is 5. The summed E-state index contributed by atoms with van der Waals surface area (Å²) in [5.74, 6) is 0. The highest BCUT2D eigenvalue weighted by atomic mass is 35.5. The number of thiophene rings is 1. The fourth-order valence-corrected chi connectivity index (χ4v) is 3.06. The molecule has 2 heterocycles. The topological polar surface area (TPSA) is 51.8 Å². The van der Waals surface area contributed by atoms with Gasteiger partial charge in [-0.1, -0.05) is 22.9 Å². The van der Waals surface area contributed by atoms with Gasteiger partial charge < -0.3 is 5.73 Å². The minimum Gasteiger partial charge on any atom is -0.322 e. The molecular weight excluding hydrogens is 238 g/mol. The smallest absolute Gasteiger partial charge is 0.159 e. The second-order valence-electron chi connectivity index (χ2n) is 2.83. The Morgan fingerprint density at radius 1 is 1.50 bits per heavy atom. The monoisotopic (exact) mass is 245 g/mol. The van der Waals surface area contributed by atoms with E-state index in [1.54, 1.807) is 11.3 Å². The van der Waals surface area contributed by atoms with Crippen LogP contribution in [-0.4, -0.2) is 10.2 Å². The zero-order chi connectivity index (χ0) is 10.1. The molecule has 0 amide bonds. The van der Waals surface area contributed by atoms with Crippen LogP contribution in [-0.2, 0) is 0 Å². The molecule has 0 saturated carbocycles. The third-order valence-electron chi connectivity index (χ3n) is 1.64. The summed E-state index contributed by atoms with van der Waals surface area (Å²) in [5.41, 5.74) is 5.70. The molecule has 0 aliphatic carbocycles. The number of nitrogens with two attached hydrogens (primary N) is 1. The Labute approximate surface area is 94.6 Å². The van der Waals surface area contributed by atoms with E-state index in [9.17, 15) is 0 Å². The molecule has 0 saturated heterocycles. The van der Waals surface area contributed by atoms with E-state index >= 15 is 0 Å². The van der Waals surface area contributed by atoms with Gasteiger partial charge in [-0.05, 0) is 18.4 Å². The highest BCUT2D eigenvalue weighted by molar-refractivity contribution is 7.21. The Morgan fingerprint density at radius 2 is 2.29 bits per heavy atom. The van der Waals surface area contributed by atoms with Crippen LogP contribution in [0.5, 0.6) is 0 Å². The molecule has 0 aromatic carbocycles. The molecule has 6 heteroatoms. The van der Waals surface area contributed by atoms with Crippen LogP contribution in [0.1, 0.15) is 18.0 Å². The molecule has 2 rings (SSSR count). The van der Waals surface area contributed by atoms with Crippen molar-refractivity contribution >= 4 is 34.3 Å². The van der Waals surface area contributed by atoms with E-state index in [1.807, 2.05) is 18.4 Å². The Hall–Kier alpha value is -0.490. The first-order valence-corrected chi connectivity index (χ1v) is 6.08. The molecule has 14 heavy (non-hydrogen) atoms. The van der Waals surface area contributed by atoms with Crippen molar-refractivity contribution in [2.24, 2.45) is 5.73 Å². The van der Waals surface area contributed by atoms with Gasteiger partial charge in [0.2, 0.25) is 0 Å². The van der Waals surface area contributed by atoms with Crippen LogP contribution >= 0.6 is 34.3 Å². The number of aromatic nitrogens is 2. The fourth-order valence-electron chi connectivity index (χ4n) is 0.957. The summed E-state index contributed by atoms with van der Waals surface area (Å²) in [4.78, 5) is 0.969. The van der Waals surface area contributed by atoms with E-state index in [1.165, 1.54) is 11.3 Å². The van der Waals surface area contributed by atoms with Crippen molar-refractivity contribution in [3.63, 3.8) is 0 Å². The van der Waals surface area contributed by atoms with Gasteiger partial charge in [0.25, 0.3) is 0 Å². The fraction of sp³-hybridized carbons (Fsp3) is 0.250. The van der Waals surface area contributed by atoms with Gasteiger partial charge >= 0.3 is 0 Å². The highest BCUT2D eigenvalue weighted by Gasteiger charge is 2.12. The minimum absolute atomic E-state index is 0.0695. The predicted octanol–water partition coefficient (Wildman–Crippen LogP) is 2.94. The molecule has 0 aliphatic heterocycles. The zero-order valence-corrected chi connectivity index (χ0v) is 9.79. The largest absolute Gasteiger partial charge is 0.322 e. The van der Waals surface area contributed by atoms with E-state index < -0.39 is 0 Å². The summed E-state index contributed by atoms with van der Waals surface area (Å²) in [6, 6.07) is 1.79. The number of rotatable bonds is 2. The Bertz CT molecular complexity index is 435. The van der Waals surface area contributed by atoms with Gasteiger partial charge in [-0.3, -0.25) is 0 Å². The normalized spacial score (nSPS) is 13.1.